The number of aliphatic hydroxyl groups is 1. The number of aliphatic hydroxyl groups excluding tert-OH is 1. The lowest BCUT2D eigenvalue weighted by Crippen LogP contribution is -2.31. The first-order chi connectivity index (χ1) is 11.5. The Morgan fingerprint density at radius 2 is 1.71 bits per heavy atom. The summed E-state index contributed by atoms with van der Waals surface area (Å²) in [5, 5.41) is 10.6. The first-order valence-electron chi connectivity index (χ1n) is 8.65. The van der Waals surface area contributed by atoms with Gasteiger partial charge in [0, 0.05) is 30.4 Å². The van der Waals surface area contributed by atoms with Gasteiger partial charge in [-0.2, -0.15) is 0 Å². The zero-order valence-corrected chi connectivity index (χ0v) is 14.2. The molecular weight excluding hydrogens is 304 g/mol. The van der Waals surface area contributed by atoms with E-state index in [0.29, 0.717) is 28.5 Å². The molecule has 128 valence electrons. The molecule has 1 aromatic carbocycles. The van der Waals surface area contributed by atoms with E-state index in [2.05, 4.69) is 6.92 Å². The van der Waals surface area contributed by atoms with Crippen LogP contribution in [0.2, 0.25) is 0 Å². The van der Waals surface area contributed by atoms with Crippen molar-refractivity contribution in [3.8, 4) is 0 Å². The summed E-state index contributed by atoms with van der Waals surface area (Å²) in [5.74, 6) is 0.0193. The van der Waals surface area contributed by atoms with Crippen LogP contribution >= 0.6 is 0 Å². The van der Waals surface area contributed by atoms with Crippen molar-refractivity contribution in [2.24, 2.45) is 17.8 Å². The van der Waals surface area contributed by atoms with E-state index < -0.39 is 11.6 Å². The number of carbonyl (C=O) groups excluding carboxylic acids is 2. The smallest absolute Gasteiger partial charge is 0.234 e. The average molecular weight is 328 g/mol. The van der Waals surface area contributed by atoms with Crippen molar-refractivity contribution in [2.75, 3.05) is 13.7 Å². The number of methoxy groups -OCH3 is 1. The Kier molecular flexibility index (Phi) is 4.86. The molecule has 1 aromatic rings. The summed E-state index contributed by atoms with van der Waals surface area (Å²) in [6.45, 7) is 2.94. The predicted octanol–water partition coefficient (Wildman–Crippen LogP) is 3.81. The Bertz CT molecular complexity index is 681. The molecule has 0 aliphatic heterocycles. The normalized spacial score (nSPS) is 25.6. The molecule has 0 saturated heterocycles. The maximum atomic E-state index is 12.5. The van der Waals surface area contributed by atoms with Crippen molar-refractivity contribution < 1.29 is 19.4 Å². The summed E-state index contributed by atoms with van der Waals surface area (Å²) in [6, 6.07) is 6.80. The molecule has 0 amide bonds. The van der Waals surface area contributed by atoms with E-state index in [9.17, 15) is 14.7 Å². The van der Waals surface area contributed by atoms with Crippen molar-refractivity contribution in [1.82, 2.24) is 0 Å². The van der Waals surface area contributed by atoms with E-state index >= 15 is 0 Å². The SMILES string of the molecule is COCC(C)C1CCC(C2=C(O)c3ccccc3C(=O)C2=O)CC1. The molecule has 4 nitrogen and oxygen atoms in total. The fourth-order valence-corrected chi connectivity index (χ4v) is 4.14. The summed E-state index contributed by atoms with van der Waals surface area (Å²) >= 11 is 0. The molecule has 0 bridgehead atoms. The molecule has 0 radical (unpaired) electrons. The van der Waals surface area contributed by atoms with Crippen LogP contribution in [-0.2, 0) is 9.53 Å². The fourth-order valence-electron chi connectivity index (χ4n) is 4.14. The minimum Gasteiger partial charge on any atom is -0.507 e. The number of benzene rings is 1. The third kappa shape index (κ3) is 2.91. The van der Waals surface area contributed by atoms with Crippen LogP contribution in [0.25, 0.3) is 5.76 Å². The molecule has 1 fully saturated rings. The van der Waals surface area contributed by atoms with E-state index in [1.807, 2.05) is 0 Å². The molecule has 2 aliphatic carbocycles. The van der Waals surface area contributed by atoms with Crippen LogP contribution in [0.4, 0.5) is 0 Å². The molecule has 4 heteroatoms. The Labute approximate surface area is 142 Å². The van der Waals surface area contributed by atoms with Crippen molar-refractivity contribution >= 4 is 17.3 Å². The fraction of sp³-hybridized carbons (Fsp3) is 0.500. The Hall–Kier alpha value is -1.94. The van der Waals surface area contributed by atoms with E-state index in [1.165, 1.54) is 0 Å². The van der Waals surface area contributed by atoms with Crippen LogP contribution in [0.5, 0.6) is 0 Å². The molecule has 1 N–H and O–H groups in total. The second-order valence-electron chi connectivity index (χ2n) is 7.01. The summed E-state index contributed by atoms with van der Waals surface area (Å²) in [4.78, 5) is 24.9. The Morgan fingerprint density at radius 1 is 1.08 bits per heavy atom. The van der Waals surface area contributed by atoms with Crippen LogP contribution in [0.3, 0.4) is 0 Å². The number of allylic oxidation sites excluding steroid dienone is 1. The Morgan fingerprint density at radius 3 is 2.33 bits per heavy atom. The first kappa shape index (κ1) is 16.9. The van der Waals surface area contributed by atoms with Crippen molar-refractivity contribution in [1.29, 1.82) is 0 Å². The third-order valence-corrected chi connectivity index (χ3v) is 5.55. The van der Waals surface area contributed by atoms with Gasteiger partial charge in [0.2, 0.25) is 11.6 Å². The summed E-state index contributed by atoms with van der Waals surface area (Å²) in [5.41, 5.74) is 1.13. The second kappa shape index (κ2) is 6.89. The minimum absolute atomic E-state index is 0.00332. The van der Waals surface area contributed by atoms with Crippen LogP contribution in [0, 0.1) is 17.8 Å². The number of hydrogen-bond acceptors (Lipinski definition) is 4. The van der Waals surface area contributed by atoms with Gasteiger partial charge in [-0.25, -0.2) is 0 Å². The molecule has 3 rings (SSSR count). The first-order valence-corrected chi connectivity index (χ1v) is 8.65. The number of fused-ring (bicyclic) bond motifs is 1. The van der Waals surface area contributed by atoms with Crippen LogP contribution in [0.1, 0.15) is 48.5 Å². The van der Waals surface area contributed by atoms with Gasteiger partial charge in [-0.1, -0.05) is 31.2 Å². The van der Waals surface area contributed by atoms with Crippen LogP contribution in [-0.4, -0.2) is 30.4 Å². The number of ketones is 2. The zero-order chi connectivity index (χ0) is 17.3. The number of ether oxygens (including phenoxy) is 1. The Balaban J connectivity index is 1.83. The maximum absolute atomic E-state index is 12.5. The number of carbonyl (C=O) groups is 2. The van der Waals surface area contributed by atoms with E-state index in [0.717, 1.165) is 32.3 Å². The quantitative estimate of drug-likeness (QED) is 0.854. The van der Waals surface area contributed by atoms with Gasteiger partial charge in [0.05, 0.1) is 0 Å². The van der Waals surface area contributed by atoms with Crippen LogP contribution < -0.4 is 0 Å². The molecular formula is C20H24O4. The van der Waals surface area contributed by atoms with Crippen molar-refractivity contribution in [3.63, 3.8) is 0 Å². The van der Waals surface area contributed by atoms with Gasteiger partial charge in [-0.05, 0) is 43.4 Å². The average Bonchev–Trinajstić information content (AvgIpc) is 2.61. The highest BCUT2D eigenvalue weighted by Gasteiger charge is 2.38. The monoisotopic (exact) mass is 328 g/mol. The van der Waals surface area contributed by atoms with Gasteiger partial charge in [0.25, 0.3) is 0 Å². The van der Waals surface area contributed by atoms with Crippen LogP contribution in [0.15, 0.2) is 29.8 Å². The molecule has 0 spiro atoms. The second-order valence-corrected chi connectivity index (χ2v) is 7.01. The summed E-state index contributed by atoms with van der Waals surface area (Å²) in [7, 11) is 1.72. The maximum Gasteiger partial charge on any atom is 0.234 e. The van der Waals surface area contributed by atoms with Gasteiger partial charge >= 0.3 is 0 Å². The molecule has 1 saturated carbocycles. The summed E-state index contributed by atoms with van der Waals surface area (Å²) < 4.78 is 5.24. The highest BCUT2D eigenvalue weighted by molar-refractivity contribution is 6.52. The molecule has 1 atom stereocenters. The summed E-state index contributed by atoms with van der Waals surface area (Å²) in [6.07, 6.45) is 3.66. The van der Waals surface area contributed by atoms with Crippen molar-refractivity contribution in [3.05, 3.63) is 41.0 Å². The topological polar surface area (TPSA) is 63.6 Å². The largest absolute Gasteiger partial charge is 0.507 e. The predicted molar refractivity (Wildman–Crippen MR) is 91.8 cm³/mol. The van der Waals surface area contributed by atoms with Gasteiger partial charge in [0.1, 0.15) is 5.76 Å². The number of hydrogen-bond donors (Lipinski definition) is 1. The number of Topliss-reactive ketones (excluding diaryl/α,β-unsaturated/α-hetero) is 2. The third-order valence-electron chi connectivity index (χ3n) is 5.55. The van der Waals surface area contributed by atoms with E-state index in [4.69, 9.17) is 4.74 Å². The lowest BCUT2D eigenvalue weighted by atomic mass is 9.71. The lowest BCUT2D eigenvalue weighted by molar-refractivity contribution is -0.112. The van der Waals surface area contributed by atoms with Gasteiger partial charge < -0.3 is 9.84 Å². The molecule has 24 heavy (non-hydrogen) atoms. The number of rotatable bonds is 4. The van der Waals surface area contributed by atoms with E-state index in [1.54, 1.807) is 31.4 Å². The highest BCUT2D eigenvalue weighted by atomic mass is 16.5. The minimum atomic E-state index is -0.528. The van der Waals surface area contributed by atoms with Crippen molar-refractivity contribution in [2.45, 2.75) is 32.6 Å². The zero-order valence-electron chi connectivity index (χ0n) is 14.2. The molecule has 0 aromatic heterocycles. The standard InChI is InChI=1S/C20H24O4/c1-12(11-24-2)13-7-9-14(10-8-13)17-18(21)15-5-3-4-6-16(15)19(22)20(17)23/h3-6,12-14,21H,7-11H2,1-2H3. The lowest BCUT2D eigenvalue weighted by Gasteiger charge is -2.33. The van der Waals surface area contributed by atoms with Gasteiger partial charge in [-0.3, -0.25) is 9.59 Å². The van der Waals surface area contributed by atoms with Gasteiger partial charge in [0.15, 0.2) is 0 Å². The molecule has 2 aliphatic rings. The highest BCUT2D eigenvalue weighted by Crippen LogP contribution is 2.41. The van der Waals surface area contributed by atoms with E-state index in [-0.39, 0.29) is 11.7 Å². The van der Waals surface area contributed by atoms with Gasteiger partial charge in [-0.15, -0.1) is 0 Å². The molecule has 0 heterocycles. The molecule has 1 unspecified atom stereocenters.